The van der Waals surface area contributed by atoms with Crippen molar-refractivity contribution in [2.45, 2.75) is 0 Å². The summed E-state index contributed by atoms with van der Waals surface area (Å²) >= 11 is 0. The first-order valence-electron chi connectivity index (χ1n) is 37.2. The van der Waals surface area contributed by atoms with Gasteiger partial charge in [-0.1, -0.05) is 255 Å². The normalized spacial score (nSPS) is 11.4. The number of para-hydroxylation sites is 5. The Morgan fingerprint density at radius 1 is 0.145 bits per heavy atom. The molecule has 0 aliphatic carbocycles. The summed E-state index contributed by atoms with van der Waals surface area (Å²) < 4.78 is 9.45. The molecule has 4 aromatic heterocycles. The smallest absolute Gasteiger partial charge is 0.0991 e. The highest BCUT2D eigenvalue weighted by Crippen LogP contribution is 2.42. The number of hydrogen-bond donors (Lipinski definition) is 0. The number of benzene rings is 17. The van der Waals surface area contributed by atoms with Crippen molar-refractivity contribution in [2.24, 2.45) is 0 Å². The molecular weight excluding hydrogens is 1330 g/mol. The predicted molar refractivity (Wildman–Crippen MR) is 458 cm³/mol. The molecule has 0 spiro atoms. The van der Waals surface area contributed by atoms with E-state index in [0.717, 1.165) is 39.3 Å². The van der Waals surface area contributed by atoms with Crippen molar-refractivity contribution in [1.29, 1.82) is 10.5 Å². The lowest BCUT2D eigenvalue weighted by atomic mass is 9.98. The van der Waals surface area contributed by atoms with Gasteiger partial charge in [-0.25, -0.2) is 0 Å². The van der Waals surface area contributed by atoms with E-state index in [1.54, 1.807) is 0 Å². The molecule has 0 aliphatic heterocycles. The lowest BCUT2D eigenvalue weighted by Gasteiger charge is -2.11. The molecule has 21 rings (SSSR count). The van der Waals surface area contributed by atoms with Crippen LogP contribution in [0.2, 0.25) is 0 Å². The largest absolute Gasteiger partial charge is 0.309 e. The Morgan fingerprint density at radius 3 is 0.591 bits per heavy atom. The Kier molecular flexibility index (Phi) is 15.9. The van der Waals surface area contributed by atoms with E-state index in [2.05, 4.69) is 382 Å². The number of hydrogen-bond acceptors (Lipinski definition) is 2. The molecule has 110 heavy (non-hydrogen) atoms. The molecule has 0 bridgehead atoms. The van der Waals surface area contributed by atoms with Crippen molar-refractivity contribution in [3.63, 3.8) is 0 Å². The number of aromatic nitrogens is 4. The summed E-state index contributed by atoms with van der Waals surface area (Å²) in [6.07, 6.45) is 0. The maximum absolute atomic E-state index is 9.21. The zero-order valence-electron chi connectivity index (χ0n) is 59.8. The molecule has 4 heterocycles. The van der Waals surface area contributed by atoms with Crippen LogP contribution in [0.25, 0.3) is 188 Å². The molecule has 0 N–H and O–H groups in total. The second-order valence-corrected chi connectivity index (χ2v) is 28.2. The fourth-order valence-corrected chi connectivity index (χ4v) is 16.5. The summed E-state index contributed by atoms with van der Waals surface area (Å²) in [6.45, 7) is 0. The van der Waals surface area contributed by atoms with E-state index in [9.17, 15) is 10.5 Å². The third-order valence-corrected chi connectivity index (χ3v) is 22.0. The van der Waals surface area contributed by atoms with Crippen molar-refractivity contribution >= 4 is 87.2 Å². The van der Waals surface area contributed by atoms with Gasteiger partial charge in [0.05, 0.1) is 67.4 Å². The highest BCUT2D eigenvalue weighted by Gasteiger charge is 2.20. The van der Waals surface area contributed by atoms with Gasteiger partial charge in [0.2, 0.25) is 0 Å². The Morgan fingerprint density at radius 2 is 0.327 bits per heavy atom. The summed E-state index contributed by atoms with van der Waals surface area (Å²) in [5.41, 5.74) is 31.9. The molecule has 0 radical (unpaired) electrons. The molecule has 0 amide bonds. The Balaban J connectivity index is 0.000000145. The summed E-state index contributed by atoms with van der Waals surface area (Å²) in [4.78, 5) is 0. The second kappa shape index (κ2) is 27.1. The quantitative estimate of drug-likeness (QED) is 0.129. The standard InChI is InChI=1S/C55H35N3.C49H31N3/c56-36-37-14-16-39(17-15-37)41-24-30-47(31-25-41)58-53-13-7-5-11-49(53)51-35-45(27-33-55(51)58)43-20-18-42(19-21-43)44-26-32-54-50(34-44)48-10-4-6-12-52(48)57(54)46-28-22-40(23-29-46)38-8-2-1-3-9-38;50-32-33-14-16-34(17-15-33)35-22-26-41(27-23-35)52-47-13-7-5-11-43(47)45-31-39(25-29-49(45)52)37-20-18-36(19-21-37)38-24-28-48-44(30-38)42-10-4-6-12-46(42)51(48)40-8-2-1-3-9-40/h1-35H;1-31H. The van der Waals surface area contributed by atoms with Crippen LogP contribution in [0.4, 0.5) is 0 Å². The van der Waals surface area contributed by atoms with Gasteiger partial charge in [-0.2, -0.15) is 10.5 Å². The van der Waals surface area contributed by atoms with E-state index in [4.69, 9.17) is 0 Å². The minimum absolute atomic E-state index is 0.667. The van der Waals surface area contributed by atoms with E-state index >= 15 is 0 Å². The molecule has 21 aromatic rings. The lowest BCUT2D eigenvalue weighted by Crippen LogP contribution is -1.93. The summed E-state index contributed by atoms with van der Waals surface area (Å²) in [7, 11) is 0. The minimum Gasteiger partial charge on any atom is -0.309 e. The lowest BCUT2D eigenvalue weighted by molar-refractivity contribution is 1.18. The van der Waals surface area contributed by atoms with Crippen LogP contribution in [0.1, 0.15) is 11.1 Å². The number of nitrogens with zero attached hydrogens (tertiary/aromatic N) is 6. The average Bonchev–Trinajstić information content (AvgIpc) is 1.61. The Hall–Kier alpha value is -15.1. The van der Waals surface area contributed by atoms with Crippen LogP contribution >= 0.6 is 0 Å². The fraction of sp³-hybridized carbons (Fsp3) is 0. The number of rotatable bonds is 11. The van der Waals surface area contributed by atoms with Gasteiger partial charge in [0.1, 0.15) is 0 Å². The van der Waals surface area contributed by atoms with Crippen molar-refractivity contribution in [3.05, 3.63) is 412 Å². The van der Waals surface area contributed by atoms with Crippen LogP contribution in [0.5, 0.6) is 0 Å². The van der Waals surface area contributed by atoms with Crippen LogP contribution in [0.3, 0.4) is 0 Å². The van der Waals surface area contributed by atoms with E-state index in [1.807, 2.05) is 48.5 Å². The monoisotopic (exact) mass is 1400 g/mol. The molecule has 0 saturated carbocycles. The first-order valence-corrected chi connectivity index (χ1v) is 37.2. The van der Waals surface area contributed by atoms with E-state index in [-0.39, 0.29) is 0 Å². The molecular formula is C104H66N6. The molecule has 0 unspecified atom stereocenters. The van der Waals surface area contributed by atoms with Crippen molar-refractivity contribution in [1.82, 2.24) is 18.3 Å². The molecule has 6 nitrogen and oxygen atoms in total. The van der Waals surface area contributed by atoms with E-state index in [0.29, 0.717) is 11.1 Å². The number of fused-ring (bicyclic) bond motifs is 12. The topological polar surface area (TPSA) is 67.3 Å². The van der Waals surface area contributed by atoms with Gasteiger partial charge in [0, 0.05) is 65.8 Å². The number of nitriles is 2. The summed E-state index contributed by atoms with van der Waals surface area (Å²) in [5.74, 6) is 0. The Labute approximate surface area is 636 Å². The molecule has 6 heteroatoms. The third-order valence-electron chi connectivity index (χ3n) is 22.0. The molecule has 512 valence electrons. The molecule has 17 aromatic carbocycles. The summed E-state index contributed by atoms with van der Waals surface area (Å²) in [6, 6.07) is 147. The zero-order valence-corrected chi connectivity index (χ0v) is 59.8. The predicted octanol–water partition coefficient (Wildman–Crippen LogP) is 27.2. The van der Waals surface area contributed by atoms with Crippen LogP contribution in [0.15, 0.2) is 400 Å². The van der Waals surface area contributed by atoms with Crippen LogP contribution in [-0.4, -0.2) is 18.3 Å². The van der Waals surface area contributed by atoms with Gasteiger partial charge in [0.15, 0.2) is 0 Å². The molecule has 0 saturated heterocycles. The van der Waals surface area contributed by atoms with Gasteiger partial charge in [-0.05, 0) is 223 Å². The van der Waals surface area contributed by atoms with Gasteiger partial charge in [-0.15, -0.1) is 0 Å². The third kappa shape index (κ3) is 11.4. The summed E-state index contributed by atoms with van der Waals surface area (Å²) in [5, 5.41) is 28.3. The Bertz CT molecular complexity index is 7190. The van der Waals surface area contributed by atoms with Gasteiger partial charge in [-0.3, -0.25) is 0 Å². The van der Waals surface area contributed by atoms with Crippen molar-refractivity contribution in [3.8, 4) is 113 Å². The SMILES string of the molecule is N#Cc1ccc(-c2ccc(-n3c4ccccc4c4cc(-c5ccc(-c6ccc7c(c6)c6ccccc6n7-c6ccc(-c7ccccc7)cc6)cc5)ccc43)cc2)cc1.N#Cc1ccc(-c2ccc(-n3c4ccccc4c4cc(-c5ccc(-c6ccc7c(c6)c6ccccc6n7-c6ccccc6)cc5)ccc43)cc2)cc1. The molecule has 0 aliphatic rings. The van der Waals surface area contributed by atoms with Gasteiger partial charge in [0.25, 0.3) is 0 Å². The van der Waals surface area contributed by atoms with E-state index in [1.165, 1.54) is 149 Å². The highest BCUT2D eigenvalue weighted by molar-refractivity contribution is 6.14. The van der Waals surface area contributed by atoms with Crippen LogP contribution < -0.4 is 0 Å². The van der Waals surface area contributed by atoms with E-state index < -0.39 is 0 Å². The molecule has 0 atom stereocenters. The minimum atomic E-state index is 0.667. The molecule has 0 fully saturated rings. The van der Waals surface area contributed by atoms with Gasteiger partial charge < -0.3 is 18.3 Å². The fourth-order valence-electron chi connectivity index (χ4n) is 16.5. The van der Waals surface area contributed by atoms with Crippen molar-refractivity contribution in [2.75, 3.05) is 0 Å². The first kappa shape index (κ1) is 64.5. The highest BCUT2D eigenvalue weighted by atomic mass is 15.0. The second-order valence-electron chi connectivity index (χ2n) is 28.2. The maximum atomic E-state index is 9.21. The van der Waals surface area contributed by atoms with Crippen LogP contribution in [0, 0.1) is 22.7 Å². The first-order chi connectivity index (χ1) is 54.4. The van der Waals surface area contributed by atoms with Gasteiger partial charge >= 0.3 is 0 Å². The zero-order chi connectivity index (χ0) is 73.2. The van der Waals surface area contributed by atoms with Crippen LogP contribution in [-0.2, 0) is 0 Å². The average molecular weight is 1400 g/mol. The maximum Gasteiger partial charge on any atom is 0.0991 e. The van der Waals surface area contributed by atoms with Crippen molar-refractivity contribution < 1.29 is 0 Å².